The molecule has 0 N–H and O–H groups in total. The van der Waals surface area contributed by atoms with Crippen LogP contribution >= 0.6 is 11.6 Å². The first-order valence-electron chi connectivity index (χ1n) is 5.18. The quantitative estimate of drug-likeness (QED) is 0.625. The average molecular weight is 287 g/mol. The maximum absolute atomic E-state index is 11.0. The molecule has 0 saturated carbocycles. The van der Waals surface area contributed by atoms with Crippen LogP contribution in [0.25, 0.3) is 0 Å². The molecule has 0 fully saturated rings. The van der Waals surface area contributed by atoms with Gasteiger partial charge in [-0.25, -0.2) is 0 Å². The Bertz CT molecular complexity index is 537. The van der Waals surface area contributed by atoms with E-state index in [-0.39, 0.29) is 22.3 Å². The summed E-state index contributed by atoms with van der Waals surface area (Å²) in [4.78, 5) is 32.8. The number of esters is 3. The zero-order valence-electron chi connectivity index (χ0n) is 10.5. The molecule has 0 aliphatic heterocycles. The van der Waals surface area contributed by atoms with Gasteiger partial charge in [-0.15, -0.1) is 0 Å². The highest BCUT2D eigenvalue weighted by molar-refractivity contribution is 6.32. The molecule has 0 radical (unpaired) electrons. The predicted molar refractivity (Wildman–Crippen MR) is 65.4 cm³/mol. The summed E-state index contributed by atoms with van der Waals surface area (Å²) in [7, 11) is 0. The van der Waals surface area contributed by atoms with Gasteiger partial charge in [-0.05, 0) is 0 Å². The molecule has 0 atom stereocenters. The van der Waals surface area contributed by atoms with E-state index >= 15 is 0 Å². The van der Waals surface area contributed by atoms with Crippen molar-refractivity contribution >= 4 is 29.5 Å². The van der Waals surface area contributed by atoms with Gasteiger partial charge in [0, 0.05) is 32.9 Å². The lowest BCUT2D eigenvalue weighted by Gasteiger charge is -2.11. The Hall–Kier alpha value is -2.08. The van der Waals surface area contributed by atoms with Gasteiger partial charge in [-0.3, -0.25) is 14.4 Å². The standard InChI is InChI=1S/C12H11ClO6/c1-6(14)17-10-5-12(19-8(3)16)11(4-9(10)13)18-7(2)15/h4-5H,1-3H3. The van der Waals surface area contributed by atoms with Gasteiger partial charge in [0.25, 0.3) is 0 Å². The fraction of sp³-hybridized carbons (Fsp3) is 0.250. The van der Waals surface area contributed by atoms with Crippen molar-refractivity contribution in [3.8, 4) is 17.2 Å². The zero-order chi connectivity index (χ0) is 14.6. The molecule has 0 spiro atoms. The molecule has 0 aliphatic rings. The summed E-state index contributed by atoms with van der Waals surface area (Å²) in [5, 5.41) is 0.0438. The maximum Gasteiger partial charge on any atom is 0.308 e. The third-order valence-corrected chi connectivity index (χ3v) is 2.05. The van der Waals surface area contributed by atoms with Gasteiger partial charge < -0.3 is 14.2 Å². The fourth-order valence-electron chi connectivity index (χ4n) is 1.22. The molecule has 1 aromatic carbocycles. The van der Waals surface area contributed by atoms with Crippen LogP contribution in [-0.2, 0) is 14.4 Å². The van der Waals surface area contributed by atoms with Crippen LogP contribution in [0.1, 0.15) is 20.8 Å². The Morgan fingerprint density at radius 3 is 1.58 bits per heavy atom. The third-order valence-electron chi connectivity index (χ3n) is 1.76. The van der Waals surface area contributed by atoms with Crippen molar-refractivity contribution in [3.05, 3.63) is 17.2 Å². The van der Waals surface area contributed by atoms with E-state index in [1.807, 2.05) is 0 Å². The van der Waals surface area contributed by atoms with E-state index in [2.05, 4.69) is 0 Å². The largest absolute Gasteiger partial charge is 0.425 e. The van der Waals surface area contributed by atoms with Gasteiger partial charge in [0.05, 0.1) is 5.02 Å². The molecule has 19 heavy (non-hydrogen) atoms. The van der Waals surface area contributed by atoms with Crippen molar-refractivity contribution in [2.45, 2.75) is 20.8 Å². The van der Waals surface area contributed by atoms with Crippen LogP contribution in [0.5, 0.6) is 17.2 Å². The Labute approximate surface area is 114 Å². The van der Waals surface area contributed by atoms with Crippen molar-refractivity contribution in [2.24, 2.45) is 0 Å². The molecule has 0 bridgehead atoms. The number of hydrogen-bond acceptors (Lipinski definition) is 6. The lowest BCUT2D eigenvalue weighted by Crippen LogP contribution is -2.08. The van der Waals surface area contributed by atoms with Crippen LogP contribution in [-0.4, -0.2) is 17.9 Å². The topological polar surface area (TPSA) is 78.9 Å². The van der Waals surface area contributed by atoms with Crippen LogP contribution in [0, 0.1) is 0 Å². The van der Waals surface area contributed by atoms with Crippen molar-refractivity contribution in [3.63, 3.8) is 0 Å². The molecule has 1 rings (SSSR count). The van der Waals surface area contributed by atoms with Gasteiger partial charge >= 0.3 is 17.9 Å². The third kappa shape index (κ3) is 4.59. The van der Waals surface area contributed by atoms with Crippen LogP contribution < -0.4 is 14.2 Å². The average Bonchev–Trinajstić information content (AvgIpc) is 2.22. The number of benzene rings is 1. The molecular formula is C12H11ClO6. The Balaban J connectivity index is 3.23. The van der Waals surface area contributed by atoms with Gasteiger partial charge in [0.1, 0.15) is 0 Å². The van der Waals surface area contributed by atoms with Crippen LogP contribution in [0.15, 0.2) is 12.1 Å². The van der Waals surface area contributed by atoms with E-state index in [9.17, 15) is 14.4 Å². The summed E-state index contributed by atoms with van der Waals surface area (Å²) < 4.78 is 14.5. The smallest absolute Gasteiger partial charge is 0.308 e. The van der Waals surface area contributed by atoms with E-state index < -0.39 is 17.9 Å². The molecule has 0 aromatic heterocycles. The number of carbonyl (C=O) groups excluding carboxylic acids is 3. The highest BCUT2D eigenvalue weighted by atomic mass is 35.5. The molecule has 0 amide bonds. The normalized spacial score (nSPS) is 9.68. The Morgan fingerprint density at radius 1 is 0.789 bits per heavy atom. The summed E-state index contributed by atoms with van der Waals surface area (Å²) in [6.07, 6.45) is 0. The summed E-state index contributed by atoms with van der Waals surface area (Å²) in [6, 6.07) is 2.42. The lowest BCUT2D eigenvalue weighted by atomic mass is 10.3. The Kier molecular flexibility index (Phi) is 4.88. The lowest BCUT2D eigenvalue weighted by molar-refractivity contribution is -0.134. The molecule has 7 heteroatoms. The Morgan fingerprint density at radius 2 is 1.16 bits per heavy atom. The van der Waals surface area contributed by atoms with Gasteiger partial charge in [-0.1, -0.05) is 11.6 Å². The highest BCUT2D eigenvalue weighted by Crippen LogP contribution is 2.38. The van der Waals surface area contributed by atoms with Crippen molar-refractivity contribution in [1.82, 2.24) is 0 Å². The SMILES string of the molecule is CC(=O)Oc1cc(OC(C)=O)c(OC(C)=O)cc1Cl. The van der Waals surface area contributed by atoms with E-state index in [0.717, 1.165) is 0 Å². The summed E-state index contributed by atoms with van der Waals surface area (Å²) in [5.41, 5.74) is 0. The second kappa shape index (κ2) is 6.19. The molecule has 1 aromatic rings. The molecule has 0 heterocycles. The predicted octanol–water partition coefficient (Wildman–Crippen LogP) is 2.12. The van der Waals surface area contributed by atoms with E-state index in [1.54, 1.807) is 0 Å². The summed E-state index contributed by atoms with van der Waals surface area (Å²) in [5.74, 6) is -1.92. The minimum atomic E-state index is -0.621. The first-order valence-corrected chi connectivity index (χ1v) is 5.56. The van der Waals surface area contributed by atoms with E-state index in [0.29, 0.717) is 0 Å². The minimum Gasteiger partial charge on any atom is -0.425 e. The first-order chi connectivity index (χ1) is 8.79. The van der Waals surface area contributed by atoms with Gasteiger partial charge in [0.2, 0.25) is 0 Å². The number of halogens is 1. The van der Waals surface area contributed by atoms with E-state index in [4.69, 9.17) is 25.8 Å². The minimum absolute atomic E-state index is 0.00122. The van der Waals surface area contributed by atoms with Crippen molar-refractivity contribution in [1.29, 1.82) is 0 Å². The molecule has 6 nitrogen and oxygen atoms in total. The fourth-order valence-corrected chi connectivity index (χ4v) is 1.41. The van der Waals surface area contributed by atoms with Gasteiger partial charge in [-0.2, -0.15) is 0 Å². The first kappa shape index (κ1) is 15.0. The molecule has 0 unspecified atom stereocenters. The second-order valence-electron chi connectivity index (χ2n) is 3.51. The summed E-state index contributed by atoms with van der Waals surface area (Å²) in [6.45, 7) is 3.56. The molecule has 0 saturated heterocycles. The molecule has 0 aliphatic carbocycles. The van der Waals surface area contributed by atoms with Crippen molar-refractivity contribution in [2.75, 3.05) is 0 Å². The monoisotopic (exact) mass is 286 g/mol. The zero-order valence-corrected chi connectivity index (χ0v) is 11.2. The molecular weight excluding hydrogens is 276 g/mol. The van der Waals surface area contributed by atoms with Crippen LogP contribution in [0.3, 0.4) is 0 Å². The summed E-state index contributed by atoms with van der Waals surface area (Å²) >= 11 is 5.86. The second-order valence-corrected chi connectivity index (χ2v) is 3.92. The van der Waals surface area contributed by atoms with Crippen molar-refractivity contribution < 1.29 is 28.6 Å². The van der Waals surface area contributed by atoms with E-state index in [1.165, 1.54) is 32.9 Å². The maximum atomic E-state index is 11.0. The number of ether oxygens (including phenoxy) is 3. The highest BCUT2D eigenvalue weighted by Gasteiger charge is 2.16. The van der Waals surface area contributed by atoms with Crippen LogP contribution in [0.4, 0.5) is 0 Å². The number of carbonyl (C=O) groups is 3. The van der Waals surface area contributed by atoms with Gasteiger partial charge in [0.15, 0.2) is 17.2 Å². The molecule has 102 valence electrons. The number of hydrogen-bond donors (Lipinski definition) is 0. The number of rotatable bonds is 3. The van der Waals surface area contributed by atoms with Crippen LogP contribution in [0.2, 0.25) is 5.02 Å².